The fraction of sp³-hybridized carbons (Fsp3) is 0.923. The minimum absolute atomic E-state index is 0.206. The van der Waals surface area contributed by atoms with E-state index >= 15 is 0 Å². The Morgan fingerprint density at radius 3 is 2.58 bits per heavy atom. The molecular formula is C13H22F2N2O2. The summed E-state index contributed by atoms with van der Waals surface area (Å²) >= 11 is 0. The highest BCUT2D eigenvalue weighted by Crippen LogP contribution is 2.31. The summed E-state index contributed by atoms with van der Waals surface area (Å²) in [5.41, 5.74) is 0.206. The van der Waals surface area contributed by atoms with Gasteiger partial charge in [-0.1, -0.05) is 6.92 Å². The zero-order chi connectivity index (χ0) is 14.1. The number of cyclic esters (lactones) is 1. The van der Waals surface area contributed by atoms with Crippen LogP contribution in [-0.2, 0) is 9.53 Å². The van der Waals surface area contributed by atoms with Gasteiger partial charge in [-0.2, -0.15) is 8.78 Å². The summed E-state index contributed by atoms with van der Waals surface area (Å²) in [6.45, 7) is 5.43. The molecule has 1 atom stereocenters. The lowest BCUT2D eigenvalue weighted by Crippen LogP contribution is -2.43. The van der Waals surface area contributed by atoms with Gasteiger partial charge in [0, 0.05) is 13.1 Å². The predicted octanol–water partition coefficient (Wildman–Crippen LogP) is 1.26. The molecule has 19 heavy (non-hydrogen) atoms. The highest BCUT2D eigenvalue weighted by molar-refractivity contribution is 5.79. The topological polar surface area (TPSA) is 41.6 Å². The summed E-state index contributed by atoms with van der Waals surface area (Å²) in [5, 5.41) is 3.18. The summed E-state index contributed by atoms with van der Waals surface area (Å²) in [7, 11) is 2.10. The van der Waals surface area contributed by atoms with Gasteiger partial charge in [-0.25, -0.2) is 4.79 Å². The normalized spacial score (nSPS) is 30.3. The molecule has 110 valence electrons. The lowest BCUT2D eigenvalue weighted by atomic mass is 9.80. The van der Waals surface area contributed by atoms with Crippen LogP contribution in [0.2, 0.25) is 0 Å². The molecule has 0 aromatic heterocycles. The van der Waals surface area contributed by atoms with Crippen molar-refractivity contribution in [2.45, 2.75) is 38.2 Å². The fourth-order valence-corrected chi connectivity index (χ4v) is 2.63. The van der Waals surface area contributed by atoms with Gasteiger partial charge in [0.2, 0.25) is 0 Å². The summed E-state index contributed by atoms with van der Waals surface area (Å²) in [6.07, 6.45) is 0.990. The first-order valence-corrected chi connectivity index (χ1v) is 6.79. The van der Waals surface area contributed by atoms with Gasteiger partial charge in [0.1, 0.15) is 6.10 Å². The Morgan fingerprint density at radius 2 is 2.05 bits per heavy atom. The average Bonchev–Trinajstić information content (AvgIpc) is 2.57. The third-order valence-corrected chi connectivity index (χ3v) is 4.17. The van der Waals surface area contributed by atoms with Crippen LogP contribution in [-0.4, -0.2) is 56.1 Å². The van der Waals surface area contributed by atoms with Crippen LogP contribution in [0.15, 0.2) is 0 Å². The van der Waals surface area contributed by atoms with Crippen LogP contribution in [0.25, 0.3) is 0 Å². The monoisotopic (exact) mass is 276 g/mol. The number of alkyl halides is 2. The molecular weight excluding hydrogens is 254 g/mol. The van der Waals surface area contributed by atoms with E-state index in [1.54, 1.807) is 0 Å². The van der Waals surface area contributed by atoms with E-state index in [1.807, 2.05) is 0 Å². The molecule has 0 amide bonds. The standard InChI is InChI=1S/C13H22F2N2O2/c1-12(3-5-17(2)6-4-12)9-16-8-10-7-13(14,15)11(18)19-10/h10,16H,3-9H2,1-2H3. The molecule has 4 nitrogen and oxygen atoms in total. The third-order valence-electron chi connectivity index (χ3n) is 4.17. The van der Waals surface area contributed by atoms with E-state index in [0.29, 0.717) is 6.54 Å². The molecule has 2 heterocycles. The summed E-state index contributed by atoms with van der Waals surface area (Å²) < 4.78 is 30.6. The van der Waals surface area contributed by atoms with Crippen molar-refractivity contribution in [2.75, 3.05) is 33.2 Å². The zero-order valence-electron chi connectivity index (χ0n) is 11.5. The van der Waals surface area contributed by atoms with Gasteiger partial charge in [-0.3, -0.25) is 0 Å². The number of hydrogen-bond donors (Lipinski definition) is 1. The van der Waals surface area contributed by atoms with E-state index < -0.39 is 24.4 Å². The SMILES string of the molecule is CN1CCC(C)(CNCC2CC(F)(F)C(=O)O2)CC1. The smallest absolute Gasteiger partial charge is 0.377 e. The first-order chi connectivity index (χ1) is 8.81. The molecule has 0 spiro atoms. The Balaban J connectivity index is 1.71. The lowest BCUT2D eigenvalue weighted by molar-refractivity contribution is -0.159. The number of hydrogen-bond acceptors (Lipinski definition) is 4. The number of carbonyl (C=O) groups is 1. The molecule has 6 heteroatoms. The van der Waals surface area contributed by atoms with E-state index in [1.165, 1.54) is 0 Å². The van der Waals surface area contributed by atoms with Crippen LogP contribution in [0.5, 0.6) is 0 Å². The minimum Gasteiger partial charge on any atom is -0.456 e. The van der Waals surface area contributed by atoms with Gasteiger partial charge in [-0.05, 0) is 38.4 Å². The molecule has 2 aliphatic heterocycles. The number of nitrogens with zero attached hydrogens (tertiary/aromatic N) is 1. The number of carbonyl (C=O) groups excluding carboxylic acids is 1. The van der Waals surface area contributed by atoms with Gasteiger partial charge in [-0.15, -0.1) is 0 Å². The van der Waals surface area contributed by atoms with Crippen LogP contribution in [0, 0.1) is 5.41 Å². The van der Waals surface area contributed by atoms with Crippen LogP contribution in [0.1, 0.15) is 26.2 Å². The molecule has 0 saturated carbocycles. The number of piperidine rings is 1. The Kier molecular flexibility index (Phi) is 4.11. The second kappa shape index (κ2) is 5.32. The van der Waals surface area contributed by atoms with Crippen LogP contribution < -0.4 is 5.32 Å². The van der Waals surface area contributed by atoms with Crippen LogP contribution in [0.3, 0.4) is 0 Å². The van der Waals surface area contributed by atoms with E-state index in [2.05, 4.69) is 28.9 Å². The van der Waals surface area contributed by atoms with Crippen molar-refractivity contribution < 1.29 is 18.3 Å². The van der Waals surface area contributed by atoms with Gasteiger partial charge >= 0.3 is 11.9 Å². The quantitative estimate of drug-likeness (QED) is 0.785. The average molecular weight is 276 g/mol. The summed E-state index contributed by atoms with van der Waals surface area (Å²) in [5.74, 6) is -4.69. The summed E-state index contributed by atoms with van der Waals surface area (Å²) in [4.78, 5) is 13.2. The Morgan fingerprint density at radius 1 is 1.42 bits per heavy atom. The summed E-state index contributed by atoms with van der Waals surface area (Å²) in [6, 6.07) is 0. The highest BCUT2D eigenvalue weighted by Gasteiger charge is 2.50. The number of esters is 1. The second-order valence-corrected chi connectivity index (χ2v) is 6.18. The first kappa shape index (κ1) is 14.7. The van der Waals surface area contributed by atoms with Crippen LogP contribution >= 0.6 is 0 Å². The molecule has 1 unspecified atom stereocenters. The largest absolute Gasteiger partial charge is 0.456 e. The third kappa shape index (κ3) is 3.63. The molecule has 0 aromatic rings. The van der Waals surface area contributed by atoms with Crippen LogP contribution in [0.4, 0.5) is 8.78 Å². The van der Waals surface area contributed by atoms with Gasteiger partial charge < -0.3 is 15.0 Å². The van der Waals surface area contributed by atoms with Gasteiger partial charge in [0.05, 0.1) is 6.42 Å². The number of likely N-dealkylation sites (tertiary alicyclic amines) is 1. The minimum atomic E-state index is -3.30. The number of nitrogens with one attached hydrogen (secondary N) is 1. The van der Waals surface area contributed by atoms with Crippen molar-refractivity contribution in [2.24, 2.45) is 5.41 Å². The molecule has 2 rings (SSSR count). The zero-order valence-corrected chi connectivity index (χ0v) is 11.5. The Bertz CT molecular complexity index is 342. The maximum atomic E-state index is 13.0. The predicted molar refractivity (Wildman–Crippen MR) is 67.2 cm³/mol. The number of rotatable bonds is 4. The van der Waals surface area contributed by atoms with E-state index in [-0.39, 0.29) is 5.41 Å². The maximum absolute atomic E-state index is 13.0. The number of ether oxygens (including phenoxy) is 1. The molecule has 2 aliphatic rings. The molecule has 2 saturated heterocycles. The second-order valence-electron chi connectivity index (χ2n) is 6.18. The lowest BCUT2D eigenvalue weighted by Gasteiger charge is -2.38. The molecule has 0 radical (unpaired) electrons. The van der Waals surface area contributed by atoms with Crippen molar-refractivity contribution in [3.8, 4) is 0 Å². The van der Waals surface area contributed by atoms with E-state index in [4.69, 9.17) is 0 Å². The molecule has 0 bridgehead atoms. The van der Waals surface area contributed by atoms with Crippen molar-refractivity contribution in [3.05, 3.63) is 0 Å². The maximum Gasteiger partial charge on any atom is 0.377 e. The Hall–Kier alpha value is -0.750. The molecule has 1 N–H and O–H groups in total. The van der Waals surface area contributed by atoms with Gasteiger partial charge in [0.15, 0.2) is 0 Å². The molecule has 2 fully saturated rings. The first-order valence-electron chi connectivity index (χ1n) is 6.79. The van der Waals surface area contributed by atoms with Crippen molar-refractivity contribution in [1.29, 1.82) is 0 Å². The van der Waals surface area contributed by atoms with E-state index in [0.717, 1.165) is 32.5 Å². The van der Waals surface area contributed by atoms with Crippen molar-refractivity contribution in [3.63, 3.8) is 0 Å². The van der Waals surface area contributed by atoms with Crippen molar-refractivity contribution in [1.82, 2.24) is 10.2 Å². The number of halogens is 2. The molecule has 0 aromatic carbocycles. The van der Waals surface area contributed by atoms with Gasteiger partial charge in [0.25, 0.3) is 0 Å². The van der Waals surface area contributed by atoms with Crippen molar-refractivity contribution >= 4 is 5.97 Å². The van der Waals surface area contributed by atoms with E-state index in [9.17, 15) is 13.6 Å². The molecule has 0 aliphatic carbocycles. The highest BCUT2D eigenvalue weighted by atomic mass is 19.3. The Labute approximate surface area is 112 Å². The fourth-order valence-electron chi connectivity index (χ4n) is 2.63.